The van der Waals surface area contributed by atoms with E-state index in [2.05, 4.69) is 10.2 Å². The summed E-state index contributed by atoms with van der Waals surface area (Å²) >= 11 is 0. The highest BCUT2D eigenvalue weighted by Crippen LogP contribution is 2.35. The van der Waals surface area contributed by atoms with Crippen LogP contribution >= 0.6 is 0 Å². The Morgan fingerprint density at radius 3 is 2.36 bits per heavy atom. The summed E-state index contributed by atoms with van der Waals surface area (Å²) in [5, 5.41) is 5.68. The van der Waals surface area contributed by atoms with Crippen molar-refractivity contribution in [1.82, 2.24) is 10.3 Å². The van der Waals surface area contributed by atoms with E-state index in [9.17, 15) is 9.59 Å². The van der Waals surface area contributed by atoms with Crippen LogP contribution in [0.15, 0.2) is 30.3 Å². The SMILES string of the molecule is NN1C(=O)c2cccc3c(N4CCNCC4)ccc(c23)C1=O. The van der Waals surface area contributed by atoms with Gasteiger partial charge in [0, 0.05) is 42.6 Å². The number of hydrazine groups is 1. The maximum atomic E-state index is 12.3. The lowest BCUT2D eigenvalue weighted by atomic mass is 9.93. The Morgan fingerprint density at radius 1 is 0.955 bits per heavy atom. The summed E-state index contributed by atoms with van der Waals surface area (Å²) in [6, 6.07) is 9.26. The molecule has 3 N–H and O–H groups in total. The summed E-state index contributed by atoms with van der Waals surface area (Å²) in [6.07, 6.45) is 0. The van der Waals surface area contributed by atoms with Gasteiger partial charge in [-0.2, -0.15) is 0 Å². The molecule has 0 bridgehead atoms. The summed E-state index contributed by atoms with van der Waals surface area (Å²) in [5.74, 6) is 4.72. The van der Waals surface area contributed by atoms with Crippen LogP contribution in [-0.4, -0.2) is 43.0 Å². The average molecular weight is 296 g/mol. The van der Waals surface area contributed by atoms with Crippen molar-refractivity contribution >= 4 is 28.3 Å². The summed E-state index contributed by atoms with van der Waals surface area (Å²) in [6.45, 7) is 3.67. The van der Waals surface area contributed by atoms with Crippen LogP contribution < -0.4 is 16.1 Å². The second-order valence-electron chi connectivity index (χ2n) is 5.58. The molecule has 2 aliphatic rings. The molecule has 2 aromatic rings. The van der Waals surface area contributed by atoms with Crippen molar-refractivity contribution in [3.63, 3.8) is 0 Å². The number of imide groups is 1. The monoisotopic (exact) mass is 296 g/mol. The van der Waals surface area contributed by atoms with Gasteiger partial charge in [0.2, 0.25) is 0 Å². The number of hydrogen-bond acceptors (Lipinski definition) is 5. The third-order valence-corrected chi connectivity index (χ3v) is 4.37. The number of rotatable bonds is 1. The Hall–Kier alpha value is -2.44. The number of piperazine rings is 1. The van der Waals surface area contributed by atoms with Crippen LogP contribution in [0.4, 0.5) is 5.69 Å². The van der Waals surface area contributed by atoms with Crippen LogP contribution in [-0.2, 0) is 0 Å². The molecular weight excluding hydrogens is 280 g/mol. The number of nitrogens with one attached hydrogen (secondary N) is 1. The topological polar surface area (TPSA) is 78.7 Å². The van der Waals surface area contributed by atoms with Crippen molar-refractivity contribution in [1.29, 1.82) is 0 Å². The molecule has 22 heavy (non-hydrogen) atoms. The summed E-state index contributed by atoms with van der Waals surface area (Å²) < 4.78 is 0. The van der Waals surface area contributed by atoms with Crippen LogP contribution in [0.5, 0.6) is 0 Å². The maximum Gasteiger partial charge on any atom is 0.275 e. The predicted octanol–water partition coefficient (Wildman–Crippen LogP) is 0.719. The highest BCUT2D eigenvalue weighted by Gasteiger charge is 2.32. The maximum absolute atomic E-state index is 12.3. The van der Waals surface area contributed by atoms with E-state index in [-0.39, 0.29) is 0 Å². The zero-order valence-corrected chi connectivity index (χ0v) is 12.0. The van der Waals surface area contributed by atoms with Gasteiger partial charge in [-0.3, -0.25) is 9.59 Å². The standard InChI is InChI=1S/C16H16N4O2/c17-20-15(21)11-3-1-2-10-13(19-8-6-18-7-9-19)5-4-12(14(10)11)16(20)22/h1-5,18H,6-9,17H2. The van der Waals surface area contributed by atoms with Crippen LogP contribution in [0.1, 0.15) is 20.7 Å². The summed E-state index contributed by atoms with van der Waals surface area (Å²) in [5.41, 5.74) is 2.05. The number of amides is 2. The van der Waals surface area contributed by atoms with Gasteiger partial charge < -0.3 is 10.2 Å². The van der Waals surface area contributed by atoms with Crippen molar-refractivity contribution in [3.05, 3.63) is 41.5 Å². The minimum absolute atomic E-state index is 0.444. The number of carbonyl (C=O) groups excluding carboxylic acids is 2. The lowest BCUT2D eigenvalue weighted by Crippen LogP contribution is -2.45. The van der Waals surface area contributed by atoms with Gasteiger partial charge in [-0.15, -0.1) is 0 Å². The van der Waals surface area contributed by atoms with E-state index >= 15 is 0 Å². The molecular formula is C16H16N4O2. The minimum atomic E-state index is -0.444. The fourth-order valence-electron chi connectivity index (χ4n) is 3.28. The first kappa shape index (κ1) is 13.2. The van der Waals surface area contributed by atoms with Gasteiger partial charge in [-0.05, 0) is 18.2 Å². The van der Waals surface area contributed by atoms with Gasteiger partial charge in [0.25, 0.3) is 11.8 Å². The predicted molar refractivity (Wildman–Crippen MR) is 83.7 cm³/mol. The van der Waals surface area contributed by atoms with E-state index in [1.807, 2.05) is 18.2 Å². The van der Waals surface area contributed by atoms with E-state index in [4.69, 9.17) is 5.84 Å². The van der Waals surface area contributed by atoms with E-state index < -0.39 is 11.8 Å². The van der Waals surface area contributed by atoms with Gasteiger partial charge in [0.15, 0.2) is 0 Å². The van der Waals surface area contributed by atoms with E-state index in [1.165, 1.54) is 0 Å². The highest BCUT2D eigenvalue weighted by molar-refractivity contribution is 6.26. The Kier molecular flexibility index (Phi) is 2.88. The Balaban J connectivity index is 1.98. The lowest BCUT2D eigenvalue weighted by Gasteiger charge is -2.32. The van der Waals surface area contributed by atoms with Crippen LogP contribution in [0, 0.1) is 0 Å². The molecule has 2 amide bonds. The molecule has 0 aliphatic carbocycles. The van der Waals surface area contributed by atoms with Crippen molar-refractivity contribution in [2.24, 2.45) is 5.84 Å². The molecule has 0 saturated carbocycles. The number of benzene rings is 2. The second-order valence-corrected chi connectivity index (χ2v) is 5.58. The molecule has 1 fully saturated rings. The van der Waals surface area contributed by atoms with E-state index in [1.54, 1.807) is 12.1 Å². The molecule has 112 valence electrons. The molecule has 6 heteroatoms. The quantitative estimate of drug-likeness (QED) is 0.460. The highest BCUT2D eigenvalue weighted by atomic mass is 16.2. The first-order valence-electron chi connectivity index (χ1n) is 7.33. The molecule has 2 aliphatic heterocycles. The van der Waals surface area contributed by atoms with Gasteiger partial charge >= 0.3 is 0 Å². The van der Waals surface area contributed by atoms with Crippen LogP contribution in [0.2, 0.25) is 0 Å². The average Bonchev–Trinajstić information content (AvgIpc) is 2.58. The molecule has 0 aromatic heterocycles. The van der Waals surface area contributed by atoms with Gasteiger partial charge in [0.1, 0.15) is 0 Å². The largest absolute Gasteiger partial charge is 0.368 e. The number of hydrogen-bond donors (Lipinski definition) is 2. The molecule has 0 atom stereocenters. The van der Waals surface area contributed by atoms with E-state index in [0.717, 1.165) is 42.6 Å². The molecule has 0 unspecified atom stereocenters. The summed E-state index contributed by atoms with van der Waals surface area (Å²) in [4.78, 5) is 26.8. The fraction of sp³-hybridized carbons (Fsp3) is 0.250. The number of carbonyl (C=O) groups is 2. The number of anilines is 1. The van der Waals surface area contributed by atoms with E-state index in [0.29, 0.717) is 16.1 Å². The molecule has 0 spiro atoms. The van der Waals surface area contributed by atoms with Gasteiger partial charge in [0.05, 0.1) is 11.1 Å². The second kappa shape index (κ2) is 4.79. The Morgan fingerprint density at radius 2 is 1.64 bits per heavy atom. The van der Waals surface area contributed by atoms with Crippen molar-refractivity contribution < 1.29 is 9.59 Å². The molecule has 2 aromatic carbocycles. The number of nitrogens with two attached hydrogens (primary N) is 1. The van der Waals surface area contributed by atoms with Crippen molar-refractivity contribution in [3.8, 4) is 0 Å². The molecule has 2 heterocycles. The van der Waals surface area contributed by atoms with Crippen molar-refractivity contribution in [2.75, 3.05) is 31.1 Å². The van der Waals surface area contributed by atoms with Crippen LogP contribution in [0.3, 0.4) is 0 Å². The Labute approximate surface area is 127 Å². The molecule has 0 radical (unpaired) electrons. The first-order valence-corrected chi connectivity index (χ1v) is 7.33. The first-order chi connectivity index (χ1) is 10.7. The Bertz CT molecular complexity index is 774. The zero-order chi connectivity index (χ0) is 15.3. The summed E-state index contributed by atoms with van der Waals surface area (Å²) in [7, 11) is 0. The third kappa shape index (κ3) is 1.74. The van der Waals surface area contributed by atoms with Gasteiger partial charge in [-0.1, -0.05) is 12.1 Å². The third-order valence-electron chi connectivity index (χ3n) is 4.37. The van der Waals surface area contributed by atoms with Gasteiger partial charge in [-0.25, -0.2) is 10.9 Å². The number of nitrogens with zero attached hydrogens (tertiary/aromatic N) is 2. The lowest BCUT2D eigenvalue weighted by molar-refractivity contribution is 0.0610. The minimum Gasteiger partial charge on any atom is -0.368 e. The van der Waals surface area contributed by atoms with Crippen LogP contribution in [0.25, 0.3) is 10.8 Å². The molecule has 1 saturated heterocycles. The molecule has 6 nitrogen and oxygen atoms in total. The normalized spacial score (nSPS) is 18.2. The smallest absolute Gasteiger partial charge is 0.275 e. The molecule has 4 rings (SSSR count). The fourth-order valence-corrected chi connectivity index (χ4v) is 3.28. The van der Waals surface area contributed by atoms with Crippen molar-refractivity contribution in [2.45, 2.75) is 0 Å². The zero-order valence-electron chi connectivity index (χ0n) is 12.0.